The number of nitrogens with zero attached hydrogens (tertiary/aromatic N) is 4. The zero-order valence-corrected chi connectivity index (χ0v) is 34.6. The molecule has 3 aromatic heterocycles. The summed E-state index contributed by atoms with van der Waals surface area (Å²) in [6.07, 6.45) is 0. The predicted molar refractivity (Wildman–Crippen MR) is 269 cm³/mol. The van der Waals surface area contributed by atoms with E-state index in [9.17, 15) is 0 Å². The summed E-state index contributed by atoms with van der Waals surface area (Å²) in [5, 5.41) is 14.5. The summed E-state index contributed by atoms with van der Waals surface area (Å²) >= 11 is 0. The van der Waals surface area contributed by atoms with Gasteiger partial charge < -0.3 is 9.13 Å². The van der Waals surface area contributed by atoms with Crippen molar-refractivity contribution in [3.05, 3.63) is 218 Å². The molecule has 0 unspecified atom stereocenters. The lowest BCUT2D eigenvalue weighted by Gasteiger charge is -2.15. The van der Waals surface area contributed by atoms with Gasteiger partial charge in [0.2, 0.25) is 0 Å². The Hall–Kier alpha value is -8.60. The normalized spacial score (nSPS) is 12.1. The maximum atomic E-state index is 5.33. The fraction of sp³-hybridized carbons (Fsp3) is 0. The van der Waals surface area contributed by atoms with E-state index in [1.165, 1.54) is 65.0 Å². The zero-order chi connectivity index (χ0) is 41.9. The summed E-state index contributed by atoms with van der Waals surface area (Å²) in [6, 6.07) is 79.3. The quantitative estimate of drug-likeness (QED) is 0.177. The van der Waals surface area contributed by atoms with Gasteiger partial charge in [-0.3, -0.25) is 0 Å². The first-order valence-electron chi connectivity index (χ1n) is 21.9. The van der Waals surface area contributed by atoms with Crippen molar-refractivity contribution in [2.24, 2.45) is 0 Å². The van der Waals surface area contributed by atoms with Crippen LogP contribution in [0.15, 0.2) is 218 Å². The van der Waals surface area contributed by atoms with Crippen molar-refractivity contribution >= 4 is 97.7 Å². The standard InChI is InChI=1S/C60H36N4/c1-3-16-40-34-57-49(32-38(40)14-1)47-21-7-10-25-55(47)63(57)44-28-30-56-51(36-44)50-33-39-15-2-4-17-41(39)35-58(50)64(56)54-26-12-19-42-31-43(27-29-46(42)54)59-60(62-53-24-9-8-23-52(53)61-59)48-22-11-18-37-13-5-6-20-45(37)48/h1-36H. The van der Waals surface area contributed by atoms with Crippen molar-refractivity contribution in [3.63, 3.8) is 0 Å². The van der Waals surface area contributed by atoms with E-state index in [0.29, 0.717) is 0 Å². The molecule has 4 nitrogen and oxygen atoms in total. The van der Waals surface area contributed by atoms with Gasteiger partial charge in [0.05, 0.1) is 50.2 Å². The number of aromatic nitrogens is 4. The van der Waals surface area contributed by atoms with E-state index in [2.05, 4.69) is 215 Å². The van der Waals surface area contributed by atoms with Gasteiger partial charge in [-0.05, 0) is 110 Å². The number of hydrogen-bond acceptors (Lipinski definition) is 2. The number of fused-ring (bicyclic) bond motifs is 11. The highest BCUT2D eigenvalue weighted by Crippen LogP contribution is 2.42. The fourth-order valence-electron chi connectivity index (χ4n) is 10.5. The van der Waals surface area contributed by atoms with Crippen LogP contribution in [0.2, 0.25) is 0 Å². The molecule has 0 fully saturated rings. The van der Waals surface area contributed by atoms with Crippen molar-refractivity contribution in [1.29, 1.82) is 0 Å². The number of benzene rings is 11. The SMILES string of the molecule is c1ccc2cc3c(cc2c1)c1ccccc1n3-c1ccc2c(c1)c1cc3ccccc3cc1n2-c1cccc2cc(-c3nc4ccccc4nc3-c3cccc4ccccc34)ccc12. The molecule has 0 radical (unpaired) electrons. The van der Waals surface area contributed by atoms with E-state index >= 15 is 0 Å². The molecule has 0 saturated carbocycles. The molecule has 0 aliphatic rings. The van der Waals surface area contributed by atoms with Gasteiger partial charge in [0.15, 0.2) is 0 Å². The third kappa shape index (κ3) is 5.17. The second kappa shape index (κ2) is 13.4. The minimum absolute atomic E-state index is 0.872. The Bertz CT molecular complexity index is 4260. The van der Waals surface area contributed by atoms with Crippen LogP contribution in [-0.2, 0) is 0 Å². The van der Waals surface area contributed by atoms with Crippen LogP contribution < -0.4 is 0 Å². The number of hydrogen-bond donors (Lipinski definition) is 0. The molecule has 0 saturated heterocycles. The molecule has 0 atom stereocenters. The van der Waals surface area contributed by atoms with Crippen LogP contribution in [0.1, 0.15) is 0 Å². The molecule has 0 spiro atoms. The second-order valence-corrected chi connectivity index (χ2v) is 17.0. The van der Waals surface area contributed by atoms with Gasteiger partial charge in [0.1, 0.15) is 0 Å². The average molecular weight is 813 g/mol. The minimum atomic E-state index is 0.872. The summed E-state index contributed by atoms with van der Waals surface area (Å²) in [5.74, 6) is 0. The fourth-order valence-corrected chi connectivity index (χ4v) is 10.5. The highest BCUT2D eigenvalue weighted by Gasteiger charge is 2.21. The molecule has 0 aliphatic heterocycles. The van der Waals surface area contributed by atoms with Gasteiger partial charge in [-0.25, -0.2) is 9.97 Å². The monoisotopic (exact) mass is 812 g/mol. The van der Waals surface area contributed by atoms with Crippen molar-refractivity contribution in [2.75, 3.05) is 0 Å². The Morgan fingerprint density at radius 2 is 0.828 bits per heavy atom. The van der Waals surface area contributed by atoms with Crippen LogP contribution in [-0.4, -0.2) is 19.1 Å². The molecule has 14 aromatic rings. The summed E-state index contributed by atoms with van der Waals surface area (Å²) in [5.41, 5.74) is 12.6. The lowest BCUT2D eigenvalue weighted by Crippen LogP contribution is -1.98. The predicted octanol–water partition coefficient (Wildman–Crippen LogP) is 15.8. The molecule has 64 heavy (non-hydrogen) atoms. The summed E-state index contributed by atoms with van der Waals surface area (Å²) in [7, 11) is 0. The zero-order valence-electron chi connectivity index (χ0n) is 34.6. The van der Waals surface area contributed by atoms with Crippen LogP contribution in [0.4, 0.5) is 0 Å². The minimum Gasteiger partial charge on any atom is -0.309 e. The van der Waals surface area contributed by atoms with Gasteiger partial charge in [-0.15, -0.1) is 0 Å². The molecule has 0 N–H and O–H groups in total. The van der Waals surface area contributed by atoms with Crippen LogP contribution >= 0.6 is 0 Å². The molecular formula is C60H36N4. The highest BCUT2D eigenvalue weighted by molar-refractivity contribution is 6.17. The molecular weight excluding hydrogens is 777 g/mol. The first-order valence-corrected chi connectivity index (χ1v) is 21.9. The van der Waals surface area contributed by atoms with Crippen molar-refractivity contribution in [2.45, 2.75) is 0 Å². The topological polar surface area (TPSA) is 35.6 Å². The molecule has 0 amide bonds. The summed E-state index contributed by atoms with van der Waals surface area (Å²) in [6.45, 7) is 0. The van der Waals surface area contributed by atoms with Gasteiger partial charge in [0, 0.05) is 43.7 Å². The van der Waals surface area contributed by atoms with Crippen molar-refractivity contribution in [3.8, 4) is 33.9 Å². The summed E-state index contributed by atoms with van der Waals surface area (Å²) in [4.78, 5) is 10.6. The molecule has 0 bridgehead atoms. The Balaban J connectivity index is 0.997. The maximum Gasteiger partial charge on any atom is 0.0979 e. The Kier molecular flexibility index (Phi) is 7.36. The van der Waals surface area contributed by atoms with E-state index in [1.54, 1.807) is 0 Å². The number of para-hydroxylation sites is 3. The Labute approximate surface area is 367 Å². The smallest absolute Gasteiger partial charge is 0.0979 e. The van der Waals surface area contributed by atoms with Gasteiger partial charge in [0.25, 0.3) is 0 Å². The van der Waals surface area contributed by atoms with Crippen molar-refractivity contribution in [1.82, 2.24) is 19.1 Å². The molecule has 296 valence electrons. The summed E-state index contributed by atoms with van der Waals surface area (Å²) < 4.78 is 4.92. The molecule has 4 heteroatoms. The van der Waals surface area contributed by atoms with Gasteiger partial charge in [-0.2, -0.15) is 0 Å². The first kappa shape index (κ1) is 35.0. The lowest BCUT2D eigenvalue weighted by atomic mass is 9.96. The third-order valence-corrected chi connectivity index (χ3v) is 13.4. The van der Waals surface area contributed by atoms with E-state index in [-0.39, 0.29) is 0 Å². The Morgan fingerprint density at radius 3 is 1.59 bits per heavy atom. The Morgan fingerprint density at radius 1 is 0.281 bits per heavy atom. The highest BCUT2D eigenvalue weighted by atomic mass is 15.0. The van der Waals surface area contributed by atoms with Crippen molar-refractivity contribution < 1.29 is 0 Å². The molecule has 14 rings (SSSR count). The maximum absolute atomic E-state index is 5.33. The molecule has 3 heterocycles. The van der Waals surface area contributed by atoms with Crippen LogP contribution in [0.5, 0.6) is 0 Å². The third-order valence-electron chi connectivity index (χ3n) is 13.4. The number of rotatable bonds is 4. The molecule has 0 aliphatic carbocycles. The van der Waals surface area contributed by atoms with Gasteiger partial charge >= 0.3 is 0 Å². The lowest BCUT2D eigenvalue weighted by molar-refractivity contribution is 1.17. The van der Waals surface area contributed by atoms with E-state index in [1.807, 2.05) is 12.1 Å². The second-order valence-electron chi connectivity index (χ2n) is 17.0. The van der Waals surface area contributed by atoms with E-state index in [0.717, 1.165) is 66.6 Å². The van der Waals surface area contributed by atoms with E-state index < -0.39 is 0 Å². The van der Waals surface area contributed by atoms with E-state index in [4.69, 9.17) is 9.97 Å². The average Bonchev–Trinajstić information content (AvgIpc) is 3.84. The van der Waals surface area contributed by atoms with Crippen LogP contribution in [0.3, 0.4) is 0 Å². The molecule has 11 aromatic carbocycles. The van der Waals surface area contributed by atoms with Crippen LogP contribution in [0, 0.1) is 0 Å². The first-order chi connectivity index (χ1) is 31.7. The van der Waals surface area contributed by atoms with Crippen LogP contribution in [0.25, 0.3) is 132 Å². The largest absolute Gasteiger partial charge is 0.309 e. The van der Waals surface area contributed by atoms with Gasteiger partial charge in [-0.1, -0.05) is 146 Å².